The maximum Gasteiger partial charge on any atom is 0.0570 e. The number of benzene rings is 1. The second kappa shape index (κ2) is 5.54. The van der Waals surface area contributed by atoms with Crippen LogP contribution in [-0.4, -0.2) is 11.0 Å². The van der Waals surface area contributed by atoms with Crippen molar-refractivity contribution in [3.05, 3.63) is 65.5 Å². The topological polar surface area (TPSA) is 24.9 Å². The Kier molecular flexibility index (Phi) is 3.60. The highest BCUT2D eigenvalue weighted by Crippen LogP contribution is 2.22. The van der Waals surface area contributed by atoms with Gasteiger partial charge in [-0.3, -0.25) is 4.98 Å². The third kappa shape index (κ3) is 2.85. The van der Waals surface area contributed by atoms with Crippen LogP contribution in [-0.2, 0) is 12.8 Å². The number of fused-ring (bicyclic) bond motifs is 1. The van der Waals surface area contributed by atoms with E-state index >= 15 is 0 Å². The summed E-state index contributed by atoms with van der Waals surface area (Å²) in [5.41, 5.74) is 4.15. The predicted molar refractivity (Wildman–Crippen MR) is 78.0 cm³/mol. The molecule has 0 spiro atoms. The summed E-state index contributed by atoms with van der Waals surface area (Å²) in [5.74, 6) is 0. The van der Waals surface area contributed by atoms with Crippen LogP contribution < -0.4 is 5.32 Å². The number of pyridine rings is 1. The molecule has 2 nitrogen and oxygen atoms in total. The molecule has 1 aromatic heterocycles. The maximum absolute atomic E-state index is 4.43. The lowest BCUT2D eigenvalue weighted by atomic mass is 9.88. The Morgan fingerprint density at radius 3 is 2.68 bits per heavy atom. The van der Waals surface area contributed by atoms with Crippen LogP contribution in [0.3, 0.4) is 0 Å². The summed E-state index contributed by atoms with van der Waals surface area (Å²) >= 11 is 0. The first-order chi connectivity index (χ1) is 9.33. The predicted octanol–water partition coefficient (Wildman–Crippen LogP) is 3.29. The highest BCUT2D eigenvalue weighted by Gasteiger charge is 2.20. The van der Waals surface area contributed by atoms with E-state index in [2.05, 4.69) is 53.6 Å². The first-order valence-corrected chi connectivity index (χ1v) is 7.06. The van der Waals surface area contributed by atoms with E-state index < -0.39 is 0 Å². The molecule has 2 atom stereocenters. The van der Waals surface area contributed by atoms with Crippen molar-refractivity contribution in [2.75, 3.05) is 0 Å². The molecule has 0 bridgehead atoms. The summed E-state index contributed by atoms with van der Waals surface area (Å²) in [4.78, 5) is 4.43. The second-order valence-electron chi connectivity index (χ2n) is 5.35. The van der Waals surface area contributed by atoms with Gasteiger partial charge in [-0.15, -0.1) is 0 Å². The normalized spacial score (nSPS) is 19.7. The monoisotopic (exact) mass is 252 g/mol. The van der Waals surface area contributed by atoms with E-state index in [0.29, 0.717) is 12.1 Å². The van der Waals surface area contributed by atoms with E-state index in [1.807, 2.05) is 12.3 Å². The van der Waals surface area contributed by atoms with Crippen LogP contribution in [0.5, 0.6) is 0 Å². The van der Waals surface area contributed by atoms with E-state index in [-0.39, 0.29) is 0 Å². The molecule has 19 heavy (non-hydrogen) atoms. The lowest BCUT2D eigenvalue weighted by Gasteiger charge is -2.28. The van der Waals surface area contributed by atoms with Gasteiger partial charge in [0.05, 0.1) is 5.69 Å². The number of hydrogen-bond donors (Lipinski definition) is 1. The molecule has 2 aromatic rings. The summed E-state index contributed by atoms with van der Waals surface area (Å²) < 4.78 is 0. The van der Waals surface area contributed by atoms with Crippen molar-refractivity contribution < 1.29 is 0 Å². The smallest absolute Gasteiger partial charge is 0.0570 e. The number of rotatable bonds is 3. The molecule has 0 amide bonds. The summed E-state index contributed by atoms with van der Waals surface area (Å²) in [7, 11) is 0. The molecular weight excluding hydrogens is 232 g/mol. The molecule has 0 fully saturated rings. The minimum absolute atomic E-state index is 0.316. The Morgan fingerprint density at radius 1 is 1.11 bits per heavy atom. The SMILES string of the molecule is C[C@H](NC1CCc2ccccc2C1)c1ccccn1. The molecule has 98 valence electrons. The summed E-state index contributed by atoms with van der Waals surface area (Å²) in [5, 5.41) is 3.71. The van der Waals surface area contributed by atoms with Crippen molar-refractivity contribution in [2.24, 2.45) is 0 Å². The molecule has 1 aliphatic rings. The fourth-order valence-electron chi connectivity index (χ4n) is 2.91. The molecule has 3 rings (SSSR count). The highest BCUT2D eigenvalue weighted by atomic mass is 15.0. The van der Waals surface area contributed by atoms with Crippen molar-refractivity contribution in [1.29, 1.82) is 0 Å². The number of hydrogen-bond acceptors (Lipinski definition) is 2. The van der Waals surface area contributed by atoms with Crippen LogP contribution in [0, 0.1) is 0 Å². The van der Waals surface area contributed by atoms with Crippen LogP contribution in [0.25, 0.3) is 0 Å². The third-order valence-electron chi connectivity index (χ3n) is 3.96. The number of nitrogens with one attached hydrogen (secondary N) is 1. The van der Waals surface area contributed by atoms with Crippen LogP contribution in [0.2, 0.25) is 0 Å². The van der Waals surface area contributed by atoms with Crippen LogP contribution >= 0.6 is 0 Å². The zero-order valence-electron chi connectivity index (χ0n) is 11.3. The molecule has 0 radical (unpaired) electrons. The van der Waals surface area contributed by atoms with Gasteiger partial charge >= 0.3 is 0 Å². The molecule has 0 aliphatic heterocycles. The molecule has 0 saturated heterocycles. The van der Waals surface area contributed by atoms with Gasteiger partial charge in [0.1, 0.15) is 0 Å². The molecule has 1 N–H and O–H groups in total. The first-order valence-electron chi connectivity index (χ1n) is 7.06. The standard InChI is InChI=1S/C17H20N2/c1-13(17-8-4-5-11-18-17)19-16-10-9-14-6-2-3-7-15(14)12-16/h2-8,11,13,16,19H,9-10,12H2,1H3/t13-,16?/m0/s1. The van der Waals surface area contributed by atoms with Crippen molar-refractivity contribution in [1.82, 2.24) is 10.3 Å². The molecule has 1 aliphatic carbocycles. The van der Waals surface area contributed by atoms with Gasteiger partial charge in [-0.1, -0.05) is 30.3 Å². The Labute approximate surface area is 114 Å². The van der Waals surface area contributed by atoms with Crippen molar-refractivity contribution in [2.45, 2.75) is 38.3 Å². The van der Waals surface area contributed by atoms with Crippen molar-refractivity contribution in [3.8, 4) is 0 Å². The van der Waals surface area contributed by atoms with Gasteiger partial charge in [0.25, 0.3) is 0 Å². The fourth-order valence-corrected chi connectivity index (χ4v) is 2.91. The lowest BCUT2D eigenvalue weighted by molar-refractivity contribution is 0.409. The molecule has 1 unspecified atom stereocenters. The molecule has 2 heteroatoms. The minimum atomic E-state index is 0.316. The Bertz CT molecular complexity index is 536. The van der Waals surface area contributed by atoms with E-state index in [1.165, 1.54) is 24.0 Å². The summed E-state index contributed by atoms with van der Waals surface area (Å²) in [6.45, 7) is 2.20. The number of aryl methyl sites for hydroxylation is 1. The minimum Gasteiger partial charge on any atom is -0.306 e. The summed E-state index contributed by atoms with van der Waals surface area (Å²) in [6.07, 6.45) is 5.40. The van der Waals surface area contributed by atoms with Gasteiger partial charge in [-0.25, -0.2) is 0 Å². The Morgan fingerprint density at radius 2 is 1.89 bits per heavy atom. The summed E-state index contributed by atoms with van der Waals surface area (Å²) in [6, 6.07) is 15.8. The van der Waals surface area contributed by atoms with Crippen LogP contribution in [0.4, 0.5) is 0 Å². The highest BCUT2D eigenvalue weighted by molar-refractivity contribution is 5.30. The average Bonchev–Trinajstić information content (AvgIpc) is 2.48. The van der Waals surface area contributed by atoms with Gasteiger partial charge in [0, 0.05) is 18.3 Å². The molecule has 1 aromatic carbocycles. The first kappa shape index (κ1) is 12.4. The van der Waals surface area contributed by atoms with Gasteiger partial charge in [-0.05, 0) is 49.4 Å². The largest absolute Gasteiger partial charge is 0.306 e. The number of aromatic nitrogens is 1. The lowest BCUT2D eigenvalue weighted by Crippen LogP contribution is -2.36. The molecule has 1 heterocycles. The Hall–Kier alpha value is -1.67. The van der Waals surface area contributed by atoms with E-state index in [9.17, 15) is 0 Å². The Balaban J connectivity index is 1.66. The van der Waals surface area contributed by atoms with E-state index in [0.717, 1.165) is 12.1 Å². The van der Waals surface area contributed by atoms with Crippen molar-refractivity contribution >= 4 is 0 Å². The number of nitrogens with zero attached hydrogens (tertiary/aromatic N) is 1. The molecule has 0 saturated carbocycles. The zero-order valence-corrected chi connectivity index (χ0v) is 11.3. The maximum atomic E-state index is 4.43. The van der Waals surface area contributed by atoms with Gasteiger partial charge in [0.15, 0.2) is 0 Å². The second-order valence-corrected chi connectivity index (χ2v) is 5.35. The molecular formula is C17H20N2. The van der Waals surface area contributed by atoms with Crippen molar-refractivity contribution in [3.63, 3.8) is 0 Å². The fraction of sp³-hybridized carbons (Fsp3) is 0.353. The van der Waals surface area contributed by atoms with Crippen LogP contribution in [0.1, 0.15) is 36.2 Å². The van der Waals surface area contributed by atoms with E-state index in [1.54, 1.807) is 0 Å². The van der Waals surface area contributed by atoms with Gasteiger partial charge < -0.3 is 5.32 Å². The third-order valence-corrected chi connectivity index (χ3v) is 3.96. The quantitative estimate of drug-likeness (QED) is 0.906. The average molecular weight is 252 g/mol. The van der Waals surface area contributed by atoms with Gasteiger partial charge in [-0.2, -0.15) is 0 Å². The van der Waals surface area contributed by atoms with E-state index in [4.69, 9.17) is 0 Å². The van der Waals surface area contributed by atoms with Gasteiger partial charge in [0.2, 0.25) is 0 Å². The zero-order chi connectivity index (χ0) is 13.1. The van der Waals surface area contributed by atoms with Crippen LogP contribution in [0.15, 0.2) is 48.7 Å².